The maximum atomic E-state index is 12.8. The Kier molecular flexibility index (Phi) is 11.5. The van der Waals surface area contributed by atoms with Gasteiger partial charge in [-0.1, -0.05) is 82.3 Å². The van der Waals surface area contributed by atoms with Crippen molar-refractivity contribution >= 4 is 86.6 Å². The molecule has 1 heterocycles. The summed E-state index contributed by atoms with van der Waals surface area (Å²) < 4.78 is 6.29. The highest BCUT2D eigenvalue weighted by Gasteiger charge is 2.32. The van der Waals surface area contributed by atoms with Gasteiger partial charge in [-0.2, -0.15) is 0 Å². The van der Waals surface area contributed by atoms with E-state index in [1.54, 1.807) is 48.5 Å². The molecule has 38 heavy (non-hydrogen) atoms. The Morgan fingerprint density at radius 2 is 1.58 bits per heavy atom. The number of carbonyl (C=O) groups excluding carboxylic acids is 1. The van der Waals surface area contributed by atoms with Gasteiger partial charge >= 0.3 is 0 Å². The molecule has 202 valence electrons. The van der Waals surface area contributed by atoms with Crippen LogP contribution in [0.4, 0.5) is 5.69 Å². The van der Waals surface area contributed by atoms with Crippen molar-refractivity contribution in [2.75, 3.05) is 12.0 Å². The molecule has 0 saturated heterocycles. The van der Waals surface area contributed by atoms with E-state index in [-0.39, 0.29) is 29.5 Å². The van der Waals surface area contributed by atoms with E-state index in [9.17, 15) is 4.79 Å². The molecule has 3 aromatic carbocycles. The Morgan fingerprint density at radius 1 is 0.921 bits per heavy atom. The molecule has 3 unspecified atom stereocenters. The maximum Gasteiger partial charge on any atom is 0.246 e. The van der Waals surface area contributed by atoms with Gasteiger partial charge in [-0.15, -0.1) is 17.0 Å². The van der Waals surface area contributed by atoms with E-state index in [2.05, 4.69) is 5.32 Å². The van der Waals surface area contributed by atoms with Crippen molar-refractivity contribution in [1.82, 2.24) is 9.80 Å². The standard InChI is InChI=1S/C27H24Cl5N3O2.BrH/c1-17(27(36)33-23-4-2-3-21(29)13-23)34-11-12-35(16-34)26(32)25(18-5-8-20(28)9-6-18)37-15-19-7-10-22(30)14-24(19)31;/h2-14,17,25-26H,15-16H2,1H3,(H,33,36);1H. The molecule has 3 aromatic rings. The van der Waals surface area contributed by atoms with Crippen molar-refractivity contribution < 1.29 is 9.53 Å². The molecular weight excluding hydrogens is 655 g/mol. The van der Waals surface area contributed by atoms with E-state index in [1.807, 2.05) is 47.3 Å². The fourth-order valence-electron chi connectivity index (χ4n) is 3.81. The topological polar surface area (TPSA) is 44.8 Å². The number of carbonyl (C=O) groups is 1. The quantitative estimate of drug-likeness (QED) is 0.181. The number of nitrogens with zero attached hydrogens (tertiary/aromatic N) is 2. The van der Waals surface area contributed by atoms with Gasteiger partial charge in [0.25, 0.3) is 0 Å². The lowest BCUT2D eigenvalue weighted by atomic mass is 10.1. The second kappa shape index (κ2) is 14.1. The number of nitrogens with one attached hydrogen (secondary N) is 1. The van der Waals surface area contributed by atoms with Gasteiger partial charge in [0.1, 0.15) is 17.6 Å². The summed E-state index contributed by atoms with van der Waals surface area (Å²) in [4.78, 5) is 16.7. The van der Waals surface area contributed by atoms with E-state index < -0.39 is 17.6 Å². The summed E-state index contributed by atoms with van der Waals surface area (Å²) in [5.41, 5.74) is 1.69. The average molecular weight is 681 g/mol. The molecule has 1 amide bonds. The average Bonchev–Trinajstić information content (AvgIpc) is 3.36. The second-order valence-electron chi connectivity index (χ2n) is 8.54. The van der Waals surface area contributed by atoms with Crippen LogP contribution < -0.4 is 5.32 Å². The van der Waals surface area contributed by atoms with Crippen LogP contribution in [-0.4, -0.2) is 33.9 Å². The Labute approximate surface area is 258 Å². The summed E-state index contributed by atoms with van der Waals surface area (Å²) in [6.07, 6.45) is 3.17. The van der Waals surface area contributed by atoms with Crippen LogP contribution in [0.25, 0.3) is 0 Å². The molecule has 11 heteroatoms. The zero-order valence-electron chi connectivity index (χ0n) is 20.2. The molecule has 3 atom stereocenters. The monoisotopic (exact) mass is 677 g/mol. The number of alkyl halides is 1. The van der Waals surface area contributed by atoms with E-state index in [0.29, 0.717) is 32.4 Å². The Morgan fingerprint density at radius 3 is 2.26 bits per heavy atom. The lowest BCUT2D eigenvalue weighted by Gasteiger charge is -2.33. The van der Waals surface area contributed by atoms with Gasteiger partial charge in [-0.25, -0.2) is 0 Å². The Balaban J connectivity index is 0.00000400. The van der Waals surface area contributed by atoms with Crippen molar-refractivity contribution in [2.45, 2.75) is 31.2 Å². The van der Waals surface area contributed by atoms with E-state index >= 15 is 0 Å². The molecule has 1 aliphatic heterocycles. The molecule has 4 rings (SSSR count). The van der Waals surface area contributed by atoms with Crippen molar-refractivity contribution in [3.8, 4) is 0 Å². The van der Waals surface area contributed by atoms with Gasteiger partial charge in [-0.3, -0.25) is 4.79 Å². The van der Waals surface area contributed by atoms with Gasteiger partial charge in [0.2, 0.25) is 5.91 Å². The first-order valence-corrected chi connectivity index (χ1v) is 13.4. The van der Waals surface area contributed by atoms with Crippen molar-refractivity contribution in [2.24, 2.45) is 0 Å². The van der Waals surface area contributed by atoms with Crippen LogP contribution in [0.3, 0.4) is 0 Å². The maximum absolute atomic E-state index is 12.8. The largest absolute Gasteiger partial charge is 0.365 e. The third-order valence-electron chi connectivity index (χ3n) is 5.94. The van der Waals surface area contributed by atoms with Crippen LogP contribution >= 0.6 is 75.0 Å². The summed E-state index contributed by atoms with van der Waals surface area (Å²) in [5, 5.41) is 5.12. The number of ether oxygens (including phenoxy) is 1. The molecule has 0 aromatic heterocycles. The Bertz CT molecular complexity index is 1280. The molecule has 1 N–H and O–H groups in total. The fourth-order valence-corrected chi connectivity index (χ4v) is 4.93. The molecular formula is C27H25BrCl5N3O2. The van der Waals surface area contributed by atoms with Crippen molar-refractivity contribution in [1.29, 1.82) is 0 Å². The third kappa shape index (κ3) is 7.95. The number of benzene rings is 3. The fraction of sp³-hybridized carbons (Fsp3) is 0.222. The molecule has 5 nitrogen and oxygen atoms in total. The molecule has 0 radical (unpaired) electrons. The van der Waals surface area contributed by atoms with E-state index in [1.165, 1.54) is 0 Å². The van der Waals surface area contributed by atoms with Crippen molar-refractivity contribution in [3.63, 3.8) is 0 Å². The van der Waals surface area contributed by atoms with Crippen molar-refractivity contribution in [3.05, 3.63) is 110 Å². The first kappa shape index (κ1) is 30.9. The van der Waals surface area contributed by atoms with Gasteiger partial charge in [0.05, 0.1) is 13.3 Å². The third-order valence-corrected chi connectivity index (χ3v) is 7.50. The highest BCUT2D eigenvalue weighted by molar-refractivity contribution is 8.93. The van der Waals surface area contributed by atoms with Gasteiger partial charge in [0.15, 0.2) is 0 Å². The molecule has 1 aliphatic rings. The normalized spacial score (nSPS) is 15.1. The number of hydrogen-bond acceptors (Lipinski definition) is 4. The van der Waals surface area contributed by atoms with Gasteiger partial charge in [0, 0.05) is 38.2 Å². The lowest BCUT2D eigenvalue weighted by molar-refractivity contribution is -0.120. The molecule has 0 saturated carbocycles. The number of hydrogen-bond donors (Lipinski definition) is 1. The summed E-state index contributed by atoms with van der Waals surface area (Å²) in [5.74, 6) is -0.164. The van der Waals surface area contributed by atoms with Crippen LogP contribution in [-0.2, 0) is 16.1 Å². The predicted octanol–water partition coefficient (Wildman–Crippen LogP) is 8.77. The van der Waals surface area contributed by atoms with Crippen LogP contribution in [0, 0.1) is 0 Å². The number of anilines is 1. The van der Waals surface area contributed by atoms with Crippen LogP contribution in [0.2, 0.25) is 20.1 Å². The smallest absolute Gasteiger partial charge is 0.246 e. The van der Waals surface area contributed by atoms with E-state index in [0.717, 1.165) is 11.1 Å². The zero-order chi connectivity index (χ0) is 26.5. The minimum Gasteiger partial charge on any atom is -0.365 e. The van der Waals surface area contributed by atoms with E-state index in [4.69, 9.17) is 62.7 Å². The Hall–Kier alpha value is -1.64. The summed E-state index contributed by atoms with van der Waals surface area (Å²) in [6, 6.07) is 19.2. The lowest BCUT2D eigenvalue weighted by Crippen LogP contribution is -2.42. The summed E-state index contributed by atoms with van der Waals surface area (Å²) in [7, 11) is 0. The van der Waals surface area contributed by atoms with Gasteiger partial charge in [-0.05, 0) is 60.5 Å². The van der Waals surface area contributed by atoms with Crippen LogP contribution in [0.1, 0.15) is 24.2 Å². The van der Waals surface area contributed by atoms with Crippen LogP contribution in [0.5, 0.6) is 0 Å². The first-order chi connectivity index (χ1) is 17.7. The molecule has 0 bridgehead atoms. The number of amides is 1. The highest BCUT2D eigenvalue weighted by atomic mass is 79.9. The minimum absolute atomic E-state index is 0. The highest BCUT2D eigenvalue weighted by Crippen LogP contribution is 2.33. The SMILES string of the molecule is Br.CC(C(=O)Nc1cccc(Cl)c1)N1C=CN(C(Cl)C(OCc2ccc(Cl)cc2Cl)c2ccc(Cl)cc2)C1. The summed E-state index contributed by atoms with van der Waals surface area (Å²) >= 11 is 31.5. The minimum atomic E-state index is -0.586. The summed E-state index contributed by atoms with van der Waals surface area (Å²) in [6.45, 7) is 2.45. The van der Waals surface area contributed by atoms with Crippen LogP contribution in [0.15, 0.2) is 79.1 Å². The number of rotatable bonds is 9. The molecule has 0 fully saturated rings. The molecule has 0 aliphatic carbocycles. The molecule has 0 spiro atoms. The second-order valence-corrected chi connectivity index (χ2v) is 10.7. The van der Waals surface area contributed by atoms with Gasteiger partial charge < -0.3 is 19.9 Å². The zero-order valence-corrected chi connectivity index (χ0v) is 25.7. The predicted molar refractivity (Wildman–Crippen MR) is 163 cm³/mol. The first-order valence-electron chi connectivity index (χ1n) is 11.4. The number of halogens is 6.